The molecule has 1 N–H and O–H groups in total. The van der Waals surface area contributed by atoms with Gasteiger partial charge in [0.25, 0.3) is 0 Å². The topological polar surface area (TPSA) is 66.5 Å². The summed E-state index contributed by atoms with van der Waals surface area (Å²) in [5, 5.41) is 2.78. The van der Waals surface area contributed by atoms with Crippen LogP contribution < -0.4 is 5.32 Å². The van der Waals surface area contributed by atoms with Gasteiger partial charge in [0.15, 0.2) is 0 Å². The van der Waals surface area contributed by atoms with Crippen LogP contribution in [0.4, 0.5) is 5.69 Å². The predicted molar refractivity (Wildman–Crippen MR) is 112 cm³/mol. The number of rotatable bonds is 7. The first-order chi connectivity index (χ1) is 12.6. The van der Waals surface area contributed by atoms with Crippen molar-refractivity contribution < 1.29 is 13.2 Å². The number of thioether (sulfide) groups is 1. The molecule has 0 saturated carbocycles. The van der Waals surface area contributed by atoms with E-state index in [9.17, 15) is 13.2 Å². The van der Waals surface area contributed by atoms with Gasteiger partial charge in [-0.3, -0.25) is 4.79 Å². The second kappa shape index (κ2) is 8.91. The minimum absolute atomic E-state index is 0.176. The molecule has 27 heavy (non-hydrogen) atoms. The van der Waals surface area contributed by atoms with Crippen LogP contribution in [0, 0.1) is 6.92 Å². The van der Waals surface area contributed by atoms with Gasteiger partial charge in [-0.25, -0.2) is 12.7 Å². The quantitative estimate of drug-likeness (QED) is 0.703. The molecule has 2 rings (SSSR count). The van der Waals surface area contributed by atoms with Crippen molar-refractivity contribution in [3.63, 3.8) is 0 Å². The van der Waals surface area contributed by atoms with E-state index in [0.29, 0.717) is 17.2 Å². The minimum Gasteiger partial charge on any atom is -0.325 e. The Morgan fingerprint density at radius 2 is 1.74 bits per heavy atom. The molecule has 0 spiro atoms. The van der Waals surface area contributed by atoms with Gasteiger partial charge in [-0.05, 0) is 48.2 Å². The molecule has 2 aromatic carbocycles. The second-order valence-corrected chi connectivity index (χ2v) is 10.00. The summed E-state index contributed by atoms with van der Waals surface area (Å²) in [6.07, 6.45) is 0. The van der Waals surface area contributed by atoms with Gasteiger partial charge in [-0.15, -0.1) is 11.8 Å². The van der Waals surface area contributed by atoms with E-state index >= 15 is 0 Å². The van der Waals surface area contributed by atoms with Crippen LogP contribution in [-0.4, -0.2) is 38.5 Å². The van der Waals surface area contributed by atoms with Crippen LogP contribution in [-0.2, 0) is 14.8 Å². The summed E-state index contributed by atoms with van der Waals surface area (Å²) in [6, 6.07) is 13.1. The van der Waals surface area contributed by atoms with Crippen molar-refractivity contribution >= 4 is 33.4 Å². The van der Waals surface area contributed by atoms with Gasteiger partial charge < -0.3 is 5.32 Å². The summed E-state index contributed by atoms with van der Waals surface area (Å²) in [7, 11) is -0.581. The van der Waals surface area contributed by atoms with E-state index in [-0.39, 0.29) is 16.6 Å². The molecule has 0 aliphatic carbocycles. The van der Waals surface area contributed by atoms with Crippen LogP contribution in [0.3, 0.4) is 0 Å². The largest absolute Gasteiger partial charge is 0.325 e. The normalized spacial score (nSPS) is 11.8. The standard InChI is InChI=1S/C20H26N2O3S2/c1-14(2)16-7-10-18(11-8-16)26-13-20(23)21-17-9-6-15(3)19(12-17)27(24,25)22(4)5/h6-12,14H,13H2,1-5H3,(H,21,23). The molecule has 0 radical (unpaired) electrons. The molecular weight excluding hydrogens is 380 g/mol. The van der Waals surface area contributed by atoms with Crippen molar-refractivity contribution in [1.82, 2.24) is 4.31 Å². The number of hydrogen-bond acceptors (Lipinski definition) is 4. The van der Waals surface area contributed by atoms with Crippen molar-refractivity contribution in [2.75, 3.05) is 25.2 Å². The number of amides is 1. The van der Waals surface area contributed by atoms with E-state index in [2.05, 4.69) is 31.3 Å². The highest BCUT2D eigenvalue weighted by Crippen LogP contribution is 2.24. The molecule has 7 heteroatoms. The van der Waals surface area contributed by atoms with E-state index < -0.39 is 10.0 Å². The zero-order chi connectivity index (χ0) is 20.2. The zero-order valence-corrected chi connectivity index (χ0v) is 17.9. The summed E-state index contributed by atoms with van der Waals surface area (Å²) in [6.45, 7) is 6.02. The number of benzene rings is 2. The number of aryl methyl sites for hydroxylation is 1. The van der Waals surface area contributed by atoms with E-state index in [1.54, 1.807) is 19.1 Å². The van der Waals surface area contributed by atoms with Gasteiger partial charge in [0.2, 0.25) is 15.9 Å². The third-order valence-corrected chi connectivity index (χ3v) is 7.12. The van der Waals surface area contributed by atoms with Gasteiger partial charge in [0.05, 0.1) is 10.6 Å². The second-order valence-electron chi connectivity index (χ2n) is 6.83. The monoisotopic (exact) mass is 406 g/mol. The van der Waals surface area contributed by atoms with Crippen molar-refractivity contribution in [2.45, 2.75) is 36.5 Å². The van der Waals surface area contributed by atoms with Crippen LogP contribution in [0.25, 0.3) is 0 Å². The zero-order valence-electron chi connectivity index (χ0n) is 16.3. The van der Waals surface area contributed by atoms with Crippen molar-refractivity contribution in [3.8, 4) is 0 Å². The van der Waals surface area contributed by atoms with Gasteiger partial charge in [0, 0.05) is 24.7 Å². The van der Waals surface area contributed by atoms with E-state index in [4.69, 9.17) is 0 Å². The lowest BCUT2D eigenvalue weighted by molar-refractivity contribution is -0.113. The Labute approximate surface area is 166 Å². The highest BCUT2D eigenvalue weighted by atomic mass is 32.2. The maximum absolute atomic E-state index is 12.4. The molecule has 0 bridgehead atoms. The number of sulfonamides is 1. The molecule has 0 atom stereocenters. The Kier molecular flexibility index (Phi) is 7.08. The maximum atomic E-state index is 12.4. The average Bonchev–Trinajstić information content (AvgIpc) is 2.61. The molecule has 0 heterocycles. The SMILES string of the molecule is Cc1ccc(NC(=O)CSc2ccc(C(C)C)cc2)cc1S(=O)(=O)N(C)C. The number of hydrogen-bond donors (Lipinski definition) is 1. The van der Waals surface area contributed by atoms with Gasteiger partial charge in [0.1, 0.15) is 0 Å². The first kappa shape index (κ1) is 21.5. The number of anilines is 1. The van der Waals surface area contributed by atoms with Gasteiger partial charge in [-0.2, -0.15) is 0 Å². The fourth-order valence-electron chi connectivity index (χ4n) is 2.45. The van der Waals surface area contributed by atoms with Crippen molar-refractivity contribution in [3.05, 3.63) is 53.6 Å². The molecule has 5 nitrogen and oxygen atoms in total. The molecule has 2 aromatic rings. The minimum atomic E-state index is -3.56. The van der Waals surface area contributed by atoms with E-state index in [1.807, 2.05) is 12.1 Å². The summed E-state index contributed by atoms with van der Waals surface area (Å²) < 4.78 is 25.9. The van der Waals surface area contributed by atoms with E-state index in [1.165, 1.54) is 37.5 Å². The molecule has 1 amide bonds. The molecule has 0 aromatic heterocycles. The van der Waals surface area contributed by atoms with Crippen LogP contribution in [0.15, 0.2) is 52.3 Å². The van der Waals surface area contributed by atoms with Crippen LogP contribution >= 0.6 is 11.8 Å². The van der Waals surface area contributed by atoms with Crippen LogP contribution in [0.5, 0.6) is 0 Å². The maximum Gasteiger partial charge on any atom is 0.242 e. The smallest absolute Gasteiger partial charge is 0.242 e. The van der Waals surface area contributed by atoms with Crippen molar-refractivity contribution in [2.24, 2.45) is 0 Å². The lowest BCUT2D eigenvalue weighted by Gasteiger charge is -2.15. The lowest BCUT2D eigenvalue weighted by Crippen LogP contribution is -2.23. The summed E-state index contributed by atoms with van der Waals surface area (Å²) in [5.74, 6) is 0.552. The average molecular weight is 407 g/mol. The highest BCUT2D eigenvalue weighted by molar-refractivity contribution is 8.00. The number of nitrogens with one attached hydrogen (secondary N) is 1. The Bertz CT molecular complexity index is 905. The Morgan fingerprint density at radius 1 is 1.11 bits per heavy atom. The number of nitrogens with zero attached hydrogens (tertiary/aromatic N) is 1. The Balaban J connectivity index is 2.03. The molecule has 0 saturated heterocycles. The van der Waals surface area contributed by atoms with Crippen molar-refractivity contribution in [1.29, 1.82) is 0 Å². The summed E-state index contributed by atoms with van der Waals surface area (Å²) in [5.41, 5.74) is 2.38. The van der Waals surface area contributed by atoms with Gasteiger partial charge >= 0.3 is 0 Å². The highest BCUT2D eigenvalue weighted by Gasteiger charge is 2.20. The first-order valence-electron chi connectivity index (χ1n) is 8.67. The number of carbonyl (C=O) groups is 1. The third kappa shape index (κ3) is 5.57. The molecule has 0 aliphatic rings. The Hall–Kier alpha value is -1.83. The summed E-state index contributed by atoms with van der Waals surface area (Å²) >= 11 is 1.45. The molecule has 0 unspecified atom stereocenters. The molecular formula is C20H26N2O3S2. The molecule has 146 valence electrons. The fourth-order valence-corrected chi connectivity index (χ4v) is 4.29. The summed E-state index contributed by atoms with van der Waals surface area (Å²) in [4.78, 5) is 13.5. The van der Waals surface area contributed by atoms with Gasteiger partial charge in [-0.1, -0.05) is 32.0 Å². The predicted octanol–water partition coefficient (Wildman–Crippen LogP) is 4.10. The van der Waals surface area contributed by atoms with Crippen LogP contribution in [0.2, 0.25) is 0 Å². The van der Waals surface area contributed by atoms with Crippen LogP contribution in [0.1, 0.15) is 30.9 Å². The van der Waals surface area contributed by atoms with E-state index in [0.717, 1.165) is 9.20 Å². The Morgan fingerprint density at radius 3 is 2.30 bits per heavy atom. The molecule has 0 fully saturated rings. The first-order valence-corrected chi connectivity index (χ1v) is 11.1. The number of carbonyl (C=O) groups excluding carboxylic acids is 1. The molecule has 0 aliphatic heterocycles. The fraction of sp³-hybridized carbons (Fsp3) is 0.350. The third-order valence-electron chi connectivity index (χ3n) is 4.15. The lowest BCUT2D eigenvalue weighted by atomic mass is 10.0.